The lowest BCUT2D eigenvalue weighted by Gasteiger charge is -2.30. The molecule has 2 aromatic heterocycles. The summed E-state index contributed by atoms with van der Waals surface area (Å²) >= 11 is 6.14. The Balaban J connectivity index is 1.42. The number of hydrogen-bond donors (Lipinski definition) is 3. The van der Waals surface area contributed by atoms with Gasteiger partial charge in [0.05, 0.1) is 11.9 Å². The van der Waals surface area contributed by atoms with Gasteiger partial charge in [-0.25, -0.2) is 9.97 Å². The van der Waals surface area contributed by atoms with Crippen molar-refractivity contribution in [2.24, 2.45) is 0 Å². The Morgan fingerprint density at radius 1 is 1.14 bits per heavy atom. The summed E-state index contributed by atoms with van der Waals surface area (Å²) in [6.07, 6.45) is 5.22. The molecule has 3 N–H and O–H groups in total. The van der Waals surface area contributed by atoms with Crippen molar-refractivity contribution in [2.45, 2.75) is 37.8 Å². The van der Waals surface area contributed by atoms with Gasteiger partial charge in [-0.05, 0) is 37.3 Å². The van der Waals surface area contributed by atoms with Crippen LogP contribution >= 0.6 is 11.6 Å². The van der Waals surface area contributed by atoms with Crippen LogP contribution in [0.5, 0.6) is 0 Å². The first kappa shape index (κ1) is 18.4. The second-order valence-corrected chi connectivity index (χ2v) is 7.15. The third kappa shape index (κ3) is 4.45. The maximum Gasteiger partial charge on any atom is 0.273 e. The van der Waals surface area contributed by atoms with Crippen molar-refractivity contribution in [3.63, 3.8) is 0 Å². The van der Waals surface area contributed by atoms with E-state index in [1.165, 1.54) is 6.20 Å². The molecule has 0 aliphatic heterocycles. The number of amides is 1. The lowest BCUT2D eigenvalue weighted by atomic mass is 9.91. The number of carbonyl (C=O) groups is 1. The summed E-state index contributed by atoms with van der Waals surface area (Å²) in [5.74, 6) is 0.475. The summed E-state index contributed by atoms with van der Waals surface area (Å²) in [4.78, 5) is 20.8. The number of aromatic nitrogens is 5. The van der Waals surface area contributed by atoms with Gasteiger partial charge in [0.1, 0.15) is 5.82 Å². The second-order valence-electron chi connectivity index (χ2n) is 6.81. The highest BCUT2D eigenvalue weighted by Gasteiger charge is 2.24. The quantitative estimate of drug-likeness (QED) is 0.571. The van der Waals surface area contributed by atoms with Gasteiger partial charge in [0.25, 0.3) is 5.91 Å². The van der Waals surface area contributed by atoms with E-state index < -0.39 is 0 Å². The highest BCUT2D eigenvalue weighted by Crippen LogP contribution is 2.25. The van der Waals surface area contributed by atoms with Crippen LogP contribution in [-0.2, 0) is 0 Å². The van der Waals surface area contributed by atoms with Crippen LogP contribution in [-0.4, -0.2) is 43.4 Å². The van der Waals surface area contributed by atoms with Crippen molar-refractivity contribution < 1.29 is 4.79 Å². The maximum absolute atomic E-state index is 12.2. The van der Waals surface area contributed by atoms with Crippen LogP contribution in [0.25, 0.3) is 11.3 Å². The van der Waals surface area contributed by atoms with Crippen molar-refractivity contribution in [1.82, 2.24) is 30.7 Å². The molecule has 3 aromatic rings. The van der Waals surface area contributed by atoms with Crippen LogP contribution in [0.2, 0.25) is 5.28 Å². The molecule has 144 valence electrons. The largest absolute Gasteiger partial charge is 0.367 e. The maximum atomic E-state index is 12.2. The zero-order valence-corrected chi connectivity index (χ0v) is 15.9. The fraction of sp³-hybridized carbons (Fsp3) is 0.316. The van der Waals surface area contributed by atoms with Crippen LogP contribution in [0.4, 0.5) is 5.82 Å². The van der Waals surface area contributed by atoms with Gasteiger partial charge in [-0.3, -0.25) is 9.89 Å². The number of aromatic amines is 1. The summed E-state index contributed by atoms with van der Waals surface area (Å²) in [5, 5.41) is 16.6. The average molecular weight is 398 g/mol. The molecule has 28 heavy (non-hydrogen) atoms. The third-order valence-corrected chi connectivity index (χ3v) is 4.95. The van der Waals surface area contributed by atoms with E-state index in [0.717, 1.165) is 36.9 Å². The van der Waals surface area contributed by atoms with Gasteiger partial charge < -0.3 is 10.6 Å². The molecule has 0 bridgehead atoms. The Labute approximate surface area is 167 Å². The molecule has 1 saturated carbocycles. The Morgan fingerprint density at radius 3 is 2.75 bits per heavy atom. The number of nitrogens with zero attached hydrogens (tertiary/aromatic N) is 4. The first-order valence-corrected chi connectivity index (χ1v) is 9.59. The molecule has 1 aliphatic rings. The Hall–Kier alpha value is -3.00. The van der Waals surface area contributed by atoms with Gasteiger partial charge in [0.15, 0.2) is 5.69 Å². The van der Waals surface area contributed by atoms with Crippen molar-refractivity contribution in [3.05, 3.63) is 53.6 Å². The Kier molecular flexibility index (Phi) is 5.48. The van der Waals surface area contributed by atoms with Gasteiger partial charge in [0.2, 0.25) is 5.28 Å². The van der Waals surface area contributed by atoms with E-state index in [4.69, 9.17) is 11.6 Å². The van der Waals surface area contributed by atoms with E-state index in [2.05, 4.69) is 36.0 Å². The molecular weight excluding hydrogens is 378 g/mol. The molecule has 2 atom stereocenters. The molecule has 0 saturated heterocycles. The summed E-state index contributed by atoms with van der Waals surface area (Å²) in [6, 6.07) is 12.0. The minimum atomic E-state index is -0.212. The summed E-state index contributed by atoms with van der Waals surface area (Å²) in [5.41, 5.74) is 2.05. The van der Waals surface area contributed by atoms with Gasteiger partial charge in [0, 0.05) is 23.7 Å². The molecule has 1 fully saturated rings. The third-order valence-electron chi connectivity index (χ3n) is 4.78. The van der Waals surface area contributed by atoms with Crippen molar-refractivity contribution in [3.8, 4) is 11.3 Å². The number of H-pyrrole nitrogens is 1. The van der Waals surface area contributed by atoms with Crippen LogP contribution < -0.4 is 10.6 Å². The summed E-state index contributed by atoms with van der Waals surface area (Å²) in [7, 11) is 0. The number of hydrogen-bond acceptors (Lipinski definition) is 6. The predicted molar refractivity (Wildman–Crippen MR) is 106 cm³/mol. The minimum Gasteiger partial charge on any atom is -0.367 e. The smallest absolute Gasteiger partial charge is 0.273 e. The van der Waals surface area contributed by atoms with Gasteiger partial charge in [-0.1, -0.05) is 35.5 Å². The zero-order valence-electron chi connectivity index (χ0n) is 15.1. The molecule has 0 radical (unpaired) electrons. The van der Waals surface area contributed by atoms with E-state index in [-0.39, 0.29) is 23.3 Å². The fourth-order valence-corrected chi connectivity index (χ4v) is 3.66. The van der Waals surface area contributed by atoms with E-state index in [0.29, 0.717) is 11.5 Å². The minimum absolute atomic E-state index is 0.0707. The molecule has 1 amide bonds. The van der Waals surface area contributed by atoms with E-state index >= 15 is 0 Å². The predicted octanol–water partition coefficient (Wildman–Crippen LogP) is 3.07. The lowest BCUT2D eigenvalue weighted by Crippen LogP contribution is -2.42. The van der Waals surface area contributed by atoms with Crippen molar-refractivity contribution in [2.75, 3.05) is 5.32 Å². The van der Waals surface area contributed by atoms with Crippen molar-refractivity contribution in [1.29, 1.82) is 0 Å². The normalized spacial score (nSPS) is 19.2. The Bertz CT molecular complexity index is 933. The van der Waals surface area contributed by atoms with Gasteiger partial charge in [-0.15, -0.1) is 5.10 Å². The van der Waals surface area contributed by atoms with E-state index in [9.17, 15) is 4.79 Å². The molecule has 4 rings (SSSR count). The van der Waals surface area contributed by atoms with Crippen LogP contribution in [0.3, 0.4) is 0 Å². The second kappa shape index (κ2) is 8.35. The topological polar surface area (TPSA) is 108 Å². The molecule has 2 unspecified atom stereocenters. The average Bonchev–Trinajstić information content (AvgIpc) is 3.23. The van der Waals surface area contributed by atoms with Crippen LogP contribution in [0.1, 0.15) is 36.2 Å². The molecule has 1 aliphatic carbocycles. The number of carbonyl (C=O) groups excluding carboxylic acids is 1. The van der Waals surface area contributed by atoms with E-state index in [1.54, 1.807) is 0 Å². The summed E-state index contributed by atoms with van der Waals surface area (Å²) in [6.45, 7) is 0. The number of nitrogens with one attached hydrogen (secondary N) is 3. The van der Waals surface area contributed by atoms with Crippen molar-refractivity contribution >= 4 is 23.3 Å². The van der Waals surface area contributed by atoms with Gasteiger partial charge in [-0.2, -0.15) is 0 Å². The molecular formula is C19H20ClN7O. The molecule has 9 heteroatoms. The van der Waals surface area contributed by atoms with Gasteiger partial charge >= 0.3 is 0 Å². The van der Waals surface area contributed by atoms with Crippen LogP contribution in [0.15, 0.2) is 42.6 Å². The highest BCUT2D eigenvalue weighted by atomic mass is 35.5. The first-order valence-electron chi connectivity index (χ1n) is 9.21. The number of halogens is 1. The monoisotopic (exact) mass is 397 g/mol. The SMILES string of the molecule is O=C(NC1CCCC(Nc2cc(-c3ccccc3)nc(Cl)n2)C1)c1c[nH]nn1. The standard InChI is InChI=1S/C19H20ClN7O/c20-19-24-15(12-5-2-1-3-6-12)10-17(25-19)22-13-7-4-8-14(9-13)23-18(28)16-11-21-27-26-16/h1-3,5-6,10-11,13-14H,4,7-9H2,(H,23,28)(H,21,26,27)(H,22,24,25). The first-order chi connectivity index (χ1) is 13.7. The zero-order chi connectivity index (χ0) is 19.3. The number of benzene rings is 1. The lowest BCUT2D eigenvalue weighted by molar-refractivity contribution is 0.0921. The summed E-state index contributed by atoms with van der Waals surface area (Å²) < 4.78 is 0. The molecule has 1 aromatic carbocycles. The fourth-order valence-electron chi connectivity index (χ4n) is 3.48. The molecule has 8 nitrogen and oxygen atoms in total. The van der Waals surface area contributed by atoms with E-state index in [1.807, 2.05) is 36.4 Å². The highest BCUT2D eigenvalue weighted by molar-refractivity contribution is 6.28. The number of anilines is 1. The van der Waals surface area contributed by atoms with Crippen LogP contribution in [0, 0.1) is 0 Å². The molecule has 2 heterocycles. The molecule has 0 spiro atoms. The number of rotatable bonds is 5. The Morgan fingerprint density at radius 2 is 1.96 bits per heavy atom.